The van der Waals surface area contributed by atoms with Crippen molar-refractivity contribution in [3.63, 3.8) is 0 Å². The highest BCUT2D eigenvalue weighted by molar-refractivity contribution is 6.30. The zero-order chi connectivity index (χ0) is 18.4. The van der Waals surface area contributed by atoms with Crippen molar-refractivity contribution in [2.45, 2.75) is 20.3 Å². The van der Waals surface area contributed by atoms with Crippen molar-refractivity contribution in [2.24, 2.45) is 5.41 Å². The molecule has 1 aliphatic heterocycles. The van der Waals surface area contributed by atoms with E-state index in [9.17, 15) is 14.4 Å². The summed E-state index contributed by atoms with van der Waals surface area (Å²) in [6.07, 6.45) is 1.43. The molecule has 0 atom stereocenters. The van der Waals surface area contributed by atoms with E-state index in [-0.39, 0.29) is 11.8 Å². The molecule has 1 N–H and O–H groups in total. The van der Waals surface area contributed by atoms with Crippen LogP contribution in [0.3, 0.4) is 0 Å². The molecular formula is C18H24ClN3O3. The Balaban J connectivity index is 1.86. The van der Waals surface area contributed by atoms with Crippen molar-refractivity contribution in [1.82, 2.24) is 15.1 Å². The van der Waals surface area contributed by atoms with E-state index in [0.29, 0.717) is 44.2 Å². The van der Waals surface area contributed by atoms with Crippen LogP contribution in [0.2, 0.25) is 5.02 Å². The molecule has 0 unspecified atom stereocenters. The molecule has 0 saturated carbocycles. The number of hydrogen-bond donors (Lipinski definition) is 1. The molecule has 1 heterocycles. The summed E-state index contributed by atoms with van der Waals surface area (Å²) in [5.74, 6) is -0.504. The van der Waals surface area contributed by atoms with Crippen LogP contribution in [0, 0.1) is 5.41 Å². The SMILES string of the molecule is CC(C)(C(=O)NCCc1cccc(Cl)c1)C(=O)N1CCN(C=O)CC1. The molecule has 0 aliphatic carbocycles. The fraction of sp³-hybridized carbons (Fsp3) is 0.500. The van der Waals surface area contributed by atoms with E-state index in [0.717, 1.165) is 12.0 Å². The first-order valence-electron chi connectivity index (χ1n) is 8.36. The molecule has 7 heteroatoms. The first-order chi connectivity index (χ1) is 11.8. The monoisotopic (exact) mass is 365 g/mol. The minimum absolute atomic E-state index is 0.210. The summed E-state index contributed by atoms with van der Waals surface area (Å²) >= 11 is 5.94. The van der Waals surface area contributed by atoms with E-state index < -0.39 is 5.41 Å². The van der Waals surface area contributed by atoms with E-state index in [4.69, 9.17) is 11.6 Å². The number of amides is 3. The number of nitrogens with one attached hydrogen (secondary N) is 1. The van der Waals surface area contributed by atoms with Gasteiger partial charge in [-0.05, 0) is 38.0 Å². The van der Waals surface area contributed by atoms with Crippen LogP contribution >= 0.6 is 11.6 Å². The first-order valence-corrected chi connectivity index (χ1v) is 8.74. The molecule has 0 radical (unpaired) electrons. The maximum atomic E-state index is 12.7. The van der Waals surface area contributed by atoms with Gasteiger partial charge in [-0.3, -0.25) is 14.4 Å². The summed E-state index contributed by atoms with van der Waals surface area (Å²) in [5, 5.41) is 3.50. The Labute approximate surface area is 153 Å². The first kappa shape index (κ1) is 19.2. The predicted molar refractivity (Wildman–Crippen MR) is 96.2 cm³/mol. The number of carbonyl (C=O) groups excluding carboxylic acids is 3. The van der Waals surface area contributed by atoms with Crippen molar-refractivity contribution in [1.29, 1.82) is 0 Å². The van der Waals surface area contributed by atoms with Crippen molar-refractivity contribution in [3.8, 4) is 0 Å². The van der Waals surface area contributed by atoms with Gasteiger partial charge in [-0.25, -0.2) is 0 Å². The Morgan fingerprint density at radius 1 is 1.24 bits per heavy atom. The lowest BCUT2D eigenvalue weighted by Crippen LogP contribution is -2.55. The summed E-state index contributed by atoms with van der Waals surface area (Å²) in [4.78, 5) is 39.2. The highest BCUT2D eigenvalue weighted by atomic mass is 35.5. The smallest absolute Gasteiger partial charge is 0.237 e. The van der Waals surface area contributed by atoms with Crippen LogP contribution in [-0.4, -0.2) is 60.7 Å². The largest absolute Gasteiger partial charge is 0.355 e. The van der Waals surface area contributed by atoms with Gasteiger partial charge in [0.05, 0.1) is 0 Å². The summed E-state index contributed by atoms with van der Waals surface area (Å²) in [5.41, 5.74) is -0.112. The molecule has 3 amide bonds. The van der Waals surface area contributed by atoms with Crippen LogP contribution in [0.4, 0.5) is 0 Å². The van der Waals surface area contributed by atoms with Gasteiger partial charge in [0, 0.05) is 37.7 Å². The van der Waals surface area contributed by atoms with E-state index in [1.807, 2.05) is 18.2 Å². The summed E-state index contributed by atoms with van der Waals surface area (Å²) in [6, 6.07) is 7.47. The average Bonchev–Trinajstić information content (AvgIpc) is 2.61. The predicted octanol–water partition coefficient (Wildman–Crippen LogP) is 1.33. The van der Waals surface area contributed by atoms with Crippen LogP contribution < -0.4 is 5.32 Å². The molecule has 0 aromatic heterocycles. The summed E-state index contributed by atoms with van der Waals surface area (Å²) < 4.78 is 0. The second-order valence-corrected chi connectivity index (χ2v) is 7.13. The number of carbonyl (C=O) groups is 3. The highest BCUT2D eigenvalue weighted by Crippen LogP contribution is 2.20. The number of rotatable bonds is 6. The average molecular weight is 366 g/mol. The van der Waals surface area contributed by atoms with Gasteiger partial charge in [0.2, 0.25) is 18.2 Å². The number of benzene rings is 1. The minimum atomic E-state index is -1.14. The Bertz CT molecular complexity index is 640. The van der Waals surface area contributed by atoms with Crippen molar-refractivity contribution < 1.29 is 14.4 Å². The third-order valence-corrected chi connectivity index (χ3v) is 4.68. The van der Waals surface area contributed by atoms with Gasteiger partial charge >= 0.3 is 0 Å². The third kappa shape index (κ3) is 4.95. The van der Waals surface area contributed by atoms with Gasteiger partial charge in [0.15, 0.2) is 0 Å². The van der Waals surface area contributed by atoms with Crippen LogP contribution in [-0.2, 0) is 20.8 Å². The molecule has 25 heavy (non-hydrogen) atoms. The Kier molecular flexibility index (Phi) is 6.42. The fourth-order valence-electron chi connectivity index (χ4n) is 2.76. The fourth-order valence-corrected chi connectivity index (χ4v) is 2.97. The normalized spacial score (nSPS) is 15.0. The zero-order valence-corrected chi connectivity index (χ0v) is 15.4. The van der Waals surface area contributed by atoms with Crippen molar-refractivity contribution in [3.05, 3.63) is 34.9 Å². The maximum absolute atomic E-state index is 12.7. The van der Waals surface area contributed by atoms with Crippen molar-refractivity contribution >= 4 is 29.8 Å². The topological polar surface area (TPSA) is 69.7 Å². The lowest BCUT2D eigenvalue weighted by atomic mass is 9.90. The second kappa shape index (κ2) is 8.34. The molecule has 6 nitrogen and oxygen atoms in total. The summed E-state index contributed by atoms with van der Waals surface area (Å²) in [6.45, 7) is 5.62. The number of nitrogens with zero attached hydrogens (tertiary/aromatic N) is 2. The number of hydrogen-bond acceptors (Lipinski definition) is 3. The summed E-state index contributed by atoms with van der Waals surface area (Å²) in [7, 11) is 0. The van der Waals surface area contributed by atoms with Crippen LogP contribution in [0.25, 0.3) is 0 Å². The molecular weight excluding hydrogens is 342 g/mol. The Morgan fingerprint density at radius 2 is 1.92 bits per heavy atom. The van der Waals surface area contributed by atoms with Gasteiger partial charge in [-0.2, -0.15) is 0 Å². The van der Waals surface area contributed by atoms with E-state index in [1.165, 1.54) is 0 Å². The van der Waals surface area contributed by atoms with Gasteiger partial charge in [-0.1, -0.05) is 23.7 Å². The molecule has 1 aromatic rings. The molecule has 1 saturated heterocycles. The molecule has 1 aliphatic rings. The Hall–Kier alpha value is -2.08. The molecule has 0 bridgehead atoms. The quantitative estimate of drug-likeness (QED) is 0.610. The van der Waals surface area contributed by atoms with E-state index in [2.05, 4.69) is 5.32 Å². The minimum Gasteiger partial charge on any atom is -0.355 e. The van der Waals surface area contributed by atoms with Gasteiger partial charge in [-0.15, -0.1) is 0 Å². The molecule has 1 aromatic carbocycles. The van der Waals surface area contributed by atoms with Gasteiger partial charge in [0.1, 0.15) is 5.41 Å². The number of halogens is 1. The van der Waals surface area contributed by atoms with Crippen LogP contribution in [0.5, 0.6) is 0 Å². The standard InChI is InChI=1S/C18H24ClN3O3/c1-18(2,17(25)22-10-8-21(13-23)9-11-22)16(24)20-7-6-14-4-3-5-15(19)12-14/h3-5,12-13H,6-11H2,1-2H3,(H,20,24). The molecule has 136 valence electrons. The number of piperazine rings is 1. The zero-order valence-electron chi connectivity index (χ0n) is 14.6. The van der Waals surface area contributed by atoms with Gasteiger partial charge in [0.25, 0.3) is 0 Å². The van der Waals surface area contributed by atoms with Crippen LogP contribution in [0.15, 0.2) is 24.3 Å². The van der Waals surface area contributed by atoms with Crippen molar-refractivity contribution in [2.75, 3.05) is 32.7 Å². The third-order valence-electron chi connectivity index (χ3n) is 4.44. The van der Waals surface area contributed by atoms with Gasteiger partial charge < -0.3 is 15.1 Å². The molecule has 0 spiro atoms. The molecule has 1 fully saturated rings. The molecule has 2 rings (SSSR count). The maximum Gasteiger partial charge on any atom is 0.237 e. The van der Waals surface area contributed by atoms with Crippen LogP contribution in [0.1, 0.15) is 19.4 Å². The lowest BCUT2D eigenvalue weighted by molar-refractivity contribution is -0.150. The highest BCUT2D eigenvalue weighted by Gasteiger charge is 2.39. The van der Waals surface area contributed by atoms with E-state index >= 15 is 0 Å². The Morgan fingerprint density at radius 3 is 2.52 bits per heavy atom. The van der Waals surface area contributed by atoms with E-state index in [1.54, 1.807) is 29.7 Å². The lowest BCUT2D eigenvalue weighted by Gasteiger charge is -2.36. The second-order valence-electron chi connectivity index (χ2n) is 6.69.